The molecular formula is C58H74N14O9. The van der Waals surface area contributed by atoms with Crippen molar-refractivity contribution in [3.8, 4) is 22.5 Å². The summed E-state index contributed by atoms with van der Waals surface area (Å²) in [5.74, 6) is -0.419. The van der Waals surface area contributed by atoms with Crippen molar-refractivity contribution in [1.29, 1.82) is 0 Å². The van der Waals surface area contributed by atoms with Crippen LogP contribution in [0.15, 0.2) is 97.6 Å². The Balaban J connectivity index is 0.000000216. The van der Waals surface area contributed by atoms with Crippen LogP contribution < -0.4 is 16.0 Å². The lowest BCUT2D eigenvalue weighted by molar-refractivity contribution is -0.122. The molecule has 1 aliphatic rings. The van der Waals surface area contributed by atoms with E-state index in [2.05, 4.69) is 58.4 Å². The van der Waals surface area contributed by atoms with E-state index in [9.17, 15) is 14.4 Å². The van der Waals surface area contributed by atoms with Crippen LogP contribution in [0.1, 0.15) is 63.3 Å². The van der Waals surface area contributed by atoms with Gasteiger partial charge in [-0.1, -0.05) is 41.6 Å². The summed E-state index contributed by atoms with van der Waals surface area (Å²) in [7, 11) is 0. The molecule has 1 fully saturated rings. The molecular weight excluding hydrogens is 1040 g/mol. The third kappa shape index (κ3) is 17.9. The first-order valence-corrected chi connectivity index (χ1v) is 27.5. The number of fused-ring (bicyclic) bond motifs is 2. The third-order valence-electron chi connectivity index (χ3n) is 13.0. The minimum absolute atomic E-state index is 0.00548. The molecule has 6 aromatic heterocycles. The quantitative estimate of drug-likeness (QED) is 0.0439. The molecule has 0 bridgehead atoms. The summed E-state index contributed by atoms with van der Waals surface area (Å²) in [6.45, 7) is 21.1. The van der Waals surface area contributed by atoms with Crippen molar-refractivity contribution >= 4 is 40.4 Å². The monoisotopic (exact) mass is 1110 g/mol. The molecule has 8 aromatic rings. The summed E-state index contributed by atoms with van der Waals surface area (Å²) in [5.41, 5.74) is 10.8. The SMILES string of the molecule is CCCOCCOCCOCCn1cc(-c2ccc(NC(=O)c3ccn4c(C)cc(C)nc34)cc2)nn1.Cc1cc(C)n2ccc(C(=O)Nc3ccc(-c4cn(CCOCCOCCC(=O)NCCN5CCOCC5)nn4)cc3)c2n1. The fourth-order valence-corrected chi connectivity index (χ4v) is 8.82. The number of carbonyl (C=O) groups excluding carboxylic acids is 3. The second-order valence-electron chi connectivity index (χ2n) is 19.3. The summed E-state index contributed by atoms with van der Waals surface area (Å²) in [5, 5.41) is 25.7. The Hall–Kier alpha value is -7.77. The number of aromatic nitrogens is 10. The number of carbonyl (C=O) groups is 3. The van der Waals surface area contributed by atoms with Gasteiger partial charge in [-0.25, -0.2) is 19.3 Å². The molecule has 3 amide bonds. The Bertz CT molecular complexity index is 3260. The number of nitrogens with one attached hydrogen (secondary N) is 3. The highest BCUT2D eigenvalue weighted by molar-refractivity contribution is 6.09. The molecule has 0 atom stereocenters. The summed E-state index contributed by atoms with van der Waals surface area (Å²) in [6, 6.07) is 22.5. The van der Waals surface area contributed by atoms with Crippen molar-refractivity contribution in [3.63, 3.8) is 0 Å². The molecule has 1 aliphatic heterocycles. The van der Waals surface area contributed by atoms with Crippen LogP contribution in [0.5, 0.6) is 0 Å². The van der Waals surface area contributed by atoms with E-state index in [1.54, 1.807) is 21.5 Å². The van der Waals surface area contributed by atoms with E-state index < -0.39 is 0 Å². The van der Waals surface area contributed by atoms with Gasteiger partial charge in [-0.15, -0.1) is 10.2 Å². The lowest BCUT2D eigenvalue weighted by Crippen LogP contribution is -2.41. The van der Waals surface area contributed by atoms with Gasteiger partial charge in [-0.3, -0.25) is 19.3 Å². The highest BCUT2D eigenvalue weighted by Gasteiger charge is 2.17. The molecule has 0 unspecified atom stereocenters. The largest absolute Gasteiger partial charge is 0.379 e. The number of benzene rings is 2. The highest BCUT2D eigenvalue weighted by Crippen LogP contribution is 2.23. The Morgan fingerprint density at radius 3 is 1.47 bits per heavy atom. The van der Waals surface area contributed by atoms with Gasteiger partial charge in [0, 0.05) is 96.9 Å². The summed E-state index contributed by atoms with van der Waals surface area (Å²) in [6.07, 6.45) is 8.80. The molecule has 0 radical (unpaired) electrons. The van der Waals surface area contributed by atoms with Gasteiger partial charge in [-0.05, 0) is 82.6 Å². The van der Waals surface area contributed by atoms with Crippen LogP contribution in [0.4, 0.5) is 11.4 Å². The zero-order chi connectivity index (χ0) is 56.8. The van der Waals surface area contributed by atoms with Crippen molar-refractivity contribution in [2.75, 3.05) is 116 Å². The van der Waals surface area contributed by atoms with E-state index in [0.717, 1.165) is 91.2 Å². The predicted octanol–water partition coefficient (Wildman–Crippen LogP) is 6.26. The van der Waals surface area contributed by atoms with Gasteiger partial charge in [0.1, 0.15) is 22.7 Å². The maximum Gasteiger partial charge on any atom is 0.259 e. The van der Waals surface area contributed by atoms with Gasteiger partial charge in [-0.2, -0.15) is 0 Å². The first-order chi connectivity index (χ1) is 39.5. The van der Waals surface area contributed by atoms with E-state index in [-0.39, 0.29) is 17.7 Å². The van der Waals surface area contributed by atoms with Crippen molar-refractivity contribution in [2.24, 2.45) is 0 Å². The topological polar surface area (TPSA) is 242 Å². The maximum atomic E-state index is 12.9. The van der Waals surface area contributed by atoms with Crippen LogP contribution in [0, 0.1) is 27.7 Å². The van der Waals surface area contributed by atoms with Gasteiger partial charge in [0.25, 0.3) is 11.8 Å². The average Bonchev–Trinajstić information content (AvgIpc) is 4.52. The van der Waals surface area contributed by atoms with Crippen molar-refractivity contribution < 1.29 is 42.8 Å². The van der Waals surface area contributed by atoms with Crippen LogP contribution in [-0.4, -0.2) is 177 Å². The maximum absolute atomic E-state index is 12.9. The Morgan fingerprint density at radius 2 is 1.00 bits per heavy atom. The standard InChI is InChI=1S/C31H40N8O5.C27H34N6O4/c1-23-21-24(2)39-10-7-27(30(39)33-23)31(41)34-26-5-3-25(4-6-26)28-22-38(36-35-28)14-18-44-20-19-42-15-8-29(40)32-9-11-37-12-16-43-17-13-37;1-4-12-35-14-16-37-17-15-36-13-11-32-19-25(30-31-32)22-5-7-23(8-6-22)29-27(34)24-9-10-33-21(3)18-20(2)28-26(24)33/h3-7,10,21-22H,8-9,11-20H2,1-2H3,(H,32,40)(H,34,41);5-10,18-19H,4,11-17H2,1-3H3,(H,29,34). The minimum atomic E-state index is -0.213. The van der Waals surface area contributed by atoms with Crippen molar-refractivity contribution in [1.82, 2.24) is 59.0 Å². The molecule has 430 valence electrons. The number of morpholine rings is 1. The Morgan fingerprint density at radius 1 is 0.556 bits per heavy atom. The zero-order valence-electron chi connectivity index (χ0n) is 47.0. The molecule has 0 saturated carbocycles. The molecule has 9 rings (SSSR count). The van der Waals surface area contributed by atoms with Crippen LogP contribution in [0.25, 0.3) is 33.8 Å². The average molecular weight is 1110 g/mol. The molecule has 23 nitrogen and oxygen atoms in total. The lowest BCUT2D eigenvalue weighted by atomic mass is 10.1. The van der Waals surface area contributed by atoms with E-state index in [1.807, 2.05) is 122 Å². The number of aryl methyl sites for hydroxylation is 4. The fourth-order valence-electron chi connectivity index (χ4n) is 8.82. The van der Waals surface area contributed by atoms with E-state index in [4.69, 9.17) is 28.4 Å². The van der Waals surface area contributed by atoms with Gasteiger partial charge in [0.05, 0.1) is 109 Å². The van der Waals surface area contributed by atoms with Crippen molar-refractivity contribution in [2.45, 2.75) is 60.5 Å². The summed E-state index contributed by atoms with van der Waals surface area (Å²) < 4.78 is 40.2. The minimum Gasteiger partial charge on any atom is -0.379 e. The molecule has 2 aromatic carbocycles. The van der Waals surface area contributed by atoms with E-state index in [0.29, 0.717) is 119 Å². The van der Waals surface area contributed by atoms with E-state index >= 15 is 0 Å². The molecule has 23 heteroatoms. The second kappa shape index (κ2) is 30.7. The molecule has 81 heavy (non-hydrogen) atoms. The summed E-state index contributed by atoms with van der Waals surface area (Å²) >= 11 is 0. The van der Waals surface area contributed by atoms with Crippen LogP contribution in [-0.2, 0) is 46.3 Å². The number of amides is 3. The molecule has 0 aliphatic carbocycles. The van der Waals surface area contributed by atoms with E-state index in [1.165, 1.54) is 0 Å². The van der Waals surface area contributed by atoms with Gasteiger partial charge in [0.2, 0.25) is 5.91 Å². The molecule has 1 saturated heterocycles. The van der Waals surface area contributed by atoms with Gasteiger partial charge >= 0.3 is 0 Å². The number of hydrogen-bond acceptors (Lipinski definition) is 16. The van der Waals surface area contributed by atoms with Gasteiger partial charge < -0.3 is 53.2 Å². The second-order valence-corrected chi connectivity index (χ2v) is 19.3. The van der Waals surface area contributed by atoms with Gasteiger partial charge in [0.15, 0.2) is 0 Å². The normalized spacial score (nSPS) is 12.7. The first-order valence-electron chi connectivity index (χ1n) is 27.5. The third-order valence-corrected chi connectivity index (χ3v) is 13.0. The van der Waals surface area contributed by atoms with Crippen LogP contribution in [0.3, 0.4) is 0 Å². The predicted molar refractivity (Wildman–Crippen MR) is 305 cm³/mol. The lowest BCUT2D eigenvalue weighted by Gasteiger charge is -2.26. The Kier molecular flexibility index (Phi) is 22.5. The smallest absolute Gasteiger partial charge is 0.259 e. The number of rotatable bonds is 29. The molecule has 0 spiro atoms. The van der Waals surface area contributed by atoms with Crippen LogP contribution in [0.2, 0.25) is 0 Å². The highest BCUT2D eigenvalue weighted by atomic mass is 16.5. The number of nitrogens with zero attached hydrogens (tertiary/aromatic N) is 11. The molecule has 3 N–H and O–H groups in total. The number of hydrogen-bond donors (Lipinski definition) is 3. The first kappa shape index (κ1) is 59.4. The fraction of sp³-hybridized carbons (Fsp3) is 0.431. The zero-order valence-corrected chi connectivity index (χ0v) is 47.0. The number of anilines is 2. The molecule has 7 heterocycles. The number of ether oxygens (including phenoxy) is 6. The Labute approximate surface area is 471 Å². The summed E-state index contributed by atoms with van der Waals surface area (Å²) in [4.78, 5) is 49.1. The van der Waals surface area contributed by atoms with Crippen molar-refractivity contribution in [3.05, 3.63) is 131 Å². The van der Waals surface area contributed by atoms with Crippen LogP contribution >= 0.6 is 0 Å².